The summed E-state index contributed by atoms with van der Waals surface area (Å²) in [6.07, 6.45) is 21.3. The van der Waals surface area contributed by atoms with Gasteiger partial charge in [0.05, 0.1) is 0 Å². The number of hydrogen-bond donors (Lipinski definition) is 0. The Bertz CT molecular complexity index is 300. The van der Waals surface area contributed by atoms with E-state index >= 15 is 0 Å². The molecule has 0 rings (SSSR count). The molecule has 0 aliphatic rings. The van der Waals surface area contributed by atoms with Gasteiger partial charge in [-0.1, -0.05) is 80.0 Å². The van der Waals surface area contributed by atoms with Crippen molar-refractivity contribution in [2.75, 3.05) is 0 Å². The molecule has 0 saturated carbocycles. The molecule has 0 aliphatic carbocycles. The third kappa shape index (κ3) is 8.51. The molecule has 0 heteroatoms. The van der Waals surface area contributed by atoms with Crippen molar-refractivity contribution in [3.63, 3.8) is 0 Å². The fourth-order valence-electron chi connectivity index (χ4n) is 0.867. The minimum absolute atomic E-state index is 1.11. The van der Waals surface area contributed by atoms with Gasteiger partial charge in [-0.05, 0) is 12.5 Å². The zero-order valence-corrected chi connectivity index (χ0v) is 9.27. The van der Waals surface area contributed by atoms with Gasteiger partial charge in [0.15, 0.2) is 0 Å². The van der Waals surface area contributed by atoms with E-state index in [1.54, 1.807) is 12.2 Å². The molecule has 0 bridgehead atoms. The molecule has 0 heterocycles. The van der Waals surface area contributed by atoms with Crippen molar-refractivity contribution in [3.8, 4) is 0 Å². The van der Waals surface area contributed by atoms with Crippen molar-refractivity contribution < 1.29 is 0 Å². The van der Waals surface area contributed by atoms with E-state index in [1.807, 2.05) is 61.6 Å². The van der Waals surface area contributed by atoms with Gasteiger partial charge in [0.2, 0.25) is 0 Å². The fourth-order valence-corrected chi connectivity index (χ4v) is 0.867. The van der Waals surface area contributed by atoms with Crippen LogP contribution in [0.2, 0.25) is 0 Å². The highest BCUT2D eigenvalue weighted by Gasteiger charge is 1.80. The van der Waals surface area contributed by atoms with E-state index in [9.17, 15) is 0 Å². The predicted octanol–water partition coefficient (Wildman–Crippen LogP) is 4.53. The molecule has 78 valence electrons. The first kappa shape index (κ1) is 13.2. The van der Waals surface area contributed by atoms with Crippen LogP contribution in [0, 0.1) is 0 Å². The van der Waals surface area contributed by atoms with Gasteiger partial charge in [0.25, 0.3) is 0 Å². The zero-order valence-electron chi connectivity index (χ0n) is 9.27. The van der Waals surface area contributed by atoms with E-state index in [0.717, 1.165) is 5.57 Å². The van der Waals surface area contributed by atoms with Crippen LogP contribution in [-0.2, 0) is 0 Å². The van der Waals surface area contributed by atoms with Crippen molar-refractivity contribution >= 4 is 0 Å². The Morgan fingerprint density at radius 3 is 1.87 bits per heavy atom. The fraction of sp³-hybridized carbons (Fsp3) is 0.0667. The third-order valence-electron chi connectivity index (χ3n) is 1.55. The maximum atomic E-state index is 3.64. The lowest BCUT2D eigenvalue weighted by molar-refractivity contribution is 1.66. The summed E-state index contributed by atoms with van der Waals surface area (Å²) in [5.74, 6) is 0. The molecule has 0 saturated heterocycles. The topological polar surface area (TPSA) is 0 Å². The summed E-state index contributed by atoms with van der Waals surface area (Å²) in [6, 6.07) is 0. The molecule has 0 atom stereocenters. The van der Waals surface area contributed by atoms with E-state index in [-0.39, 0.29) is 0 Å². The lowest BCUT2D eigenvalue weighted by atomic mass is 10.2. The van der Waals surface area contributed by atoms with Crippen LogP contribution in [0.3, 0.4) is 0 Å². The minimum atomic E-state index is 1.11. The standard InChI is InChI=1S/C15H18/c1-4-7-10-11-14-15(12-8-5-2)13-9-6-3/h4-14H,2-3H2,1H3/b7-4+,11-10+,12-8+,13-9+. The highest BCUT2D eigenvalue weighted by molar-refractivity contribution is 5.36. The minimum Gasteiger partial charge on any atom is -0.0991 e. The van der Waals surface area contributed by atoms with E-state index in [0.29, 0.717) is 0 Å². The molecule has 0 radical (unpaired) electrons. The highest BCUT2D eigenvalue weighted by Crippen LogP contribution is 2.00. The molecule has 0 unspecified atom stereocenters. The lowest BCUT2D eigenvalue weighted by Gasteiger charge is -1.89. The molecule has 0 aliphatic heterocycles. The van der Waals surface area contributed by atoms with Crippen molar-refractivity contribution in [2.24, 2.45) is 0 Å². The maximum absolute atomic E-state index is 3.64. The normalized spacial score (nSPS) is 11.8. The average Bonchev–Trinajstić information content (AvgIpc) is 2.27. The first-order valence-electron chi connectivity index (χ1n) is 4.93. The van der Waals surface area contributed by atoms with Crippen molar-refractivity contribution in [1.29, 1.82) is 0 Å². The van der Waals surface area contributed by atoms with E-state index in [2.05, 4.69) is 13.2 Å². The largest absolute Gasteiger partial charge is 0.0991 e. The Morgan fingerprint density at radius 2 is 1.40 bits per heavy atom. The zero-order chi connectivity index (χ0) is 11.4. The van der Waals surface area contributed by atoms with E-state index in [1.165, 1.54) is 0 Å². The summed E-state index contributed by atoms with van der Waals surface area (Å²) in [5, 5.41) is 0. The second kappa shape index (κ2) is 10.3. The number of rotatable bonds is 6. The van der Waals surface area contributed by atoms with E-state index in [4.69, 9.17) is 0 Å². The maximum Gasteiger partial charge on any atom is -0.0257 e. The van der Waals surface area contributed by atoms with E-state index < -0.39 is 0 Å². The van der Waals surface area contributed by atoms with Crippen LogP contribution >= 0.6 is 0 Å². The molecule has 0 amide bonds. The SMILES string of the molecule is C=C/C=C/C(=C/C=C/C=C/C)/C=C/C=C. The smallest absolute Gasteiger partial charge is 0.0257 e. The predicted molar refractivity (Wildman–Crippen MR) is 70.7 cm³/mol. The Morgan fingerprint density at radius 1 is 0.800 bits per heavy atom. The molecule has 0 aromatic heterocycles. The molecule has 15 heavy (non-hydrogen) atoms. The van der Waals surface area contributed by atoms with Crippen LogP contribution in [0.1, 0.15) is 6.92 Å². The van der Waals surface area contributed by atoms with Crippen LogP contribution in [0.4, 0.5) is 0 Å². The second-order valence-corrected chi connectivity index (χ2v) is 2.77. The van der Waals surface area contributed by atoms with Gasteiger partial charge in [-0.3, -0.25) is 0 Å². The summed E-state index contributed by atoms with van der Waals surface area (Å²) in [5.41, 5.74) is 1.11. The van der Waals surface area contributed by atoms with Gasteiger partial charge in [0.1, 0.15) is 0 Å². The van der Waals surface area contributed by atoms with Gasteiger partial charge in [0, 0.05) is 0 Å². The molecular weight excluding hydrogens is 180 g/mol. The van der Waals surface area contributed by atoms with Crippen molar-refractivity contribution in [1.82, 2.24) is 0 Å². The Labute approximate surface area is 93.0 Å². The summed E-state index contributed by atoms with van der Waals surface area (Å²) < 4.78 is 0. The Balaban J connectivity index is 4.60. The van der Waals surface area contributed by atoms with Gasteiger partial charge in [-0.2, -0.15) is 0 Å². The van der Waals surface area contributed by atoms with Gasteiger partial charge >= 0.3 is 0 Å². The lowest BCUT2D eigenvalue weighted by Crippen LogP contribution is -1.69. The van der Waals surface area contributed by atoms with Crippen LogP contribution in [-0.4, -0.2) is 0 Å². The highest BCUT2D eigenvalue weighted by atomic mass is 13.9. The first-order valence-corrected chi connectivity index (χ1v) is 4.93. The van der Waals surface area contributed by atoms with Crippen LogP contribution in [0.5, 0.6) is 0 Å². The monoisotopic (exact) mass is 198 g/mol. The van der Waals surface area contributed by atoms with Gasteiger partial charge in [-0.25, -0.2) is 0 Å². The molecule has 0 N–H and O–H groups in total. The number of hydrogen-bond acceptors (Lipinski definition) is 0. The van der Waals surface area contributed by atoms with Crippen LogP contribution in [0.25, 0.3) is 0 Å². The Hall–Kier alpha value is -1.82. The van der Waals surface area contributed by atoms with Crippen molar-refractivity contribution in [3.05, 3.63) is 85.6 Å². The number of allylic oxidation sites excluding steroid dienone is 12. The molecule has 0 nitrogen and oxygen atoms in total. The molecule has 0 aromatic carbocycles. The summed E-state index contributed by atoms with van der Waals surface area (Å²) in [7, 11) is 0. The third-order valence-corrected chi connectivity index (χ3v) is 1.55. The molecule has 0 fully saturated rings. The first-order chi connectivity index (χ1) is 7.35. The van der Waals surface area contributed by atoms with Gasteiger partial charge < -0.3 is 0 Å². The second-order valence-electron chi connectivity index (χ2n) is 2.77. The van der Waals surface area contributed by atoms with Crippen LogP contribution < -0.4 is 0 Å². The quantitative estimate of drug-likeness (QED) is 0.550. The molecule has 0 aromatic rings. The summed E-state index contributed by atoms with van der Waals surface area (Å²) >= 11 is 0. The summed E-state index contributed by atoms with van der Waals surface area (Å²) in [6.45, 7) is 9.26. The Kier molecular flexibility index (Phi) is 9.02. The summed E-state index contributed by atoms with van der Waals surface area (Å²) in [4.78, 5) is 0. The van der Waals surface area contributed by atoms with Crippen LogP contribution in [0.15, 0.2) is 85.6 Å². The average molecular weight is 198 g/mol. The molecule has 0 spiro atoms. The van der Waals surface area contributed by atoms with Crippen molar-refractivity contribution in [2.45, 2.75) is 6.92 Å². The van der Waals surface area contributed by atoms with Gasteiger partial charge in [-0.15, -0.1) is 0 Å². The molecular formula is C15H18.